The molecule has 0 aliphatic heterocycles. The van der Waals surface area contributed by atoms with E-state index < -0.39 is 12.9 Å². The number of aromatic nitrogens is 1. The van der Waals surface area contributed by atoms with Gasteiger partial charge in [0.1, 0.15) is 0 Å². The number of rotatable bonds is 1. The lowest BCUT2D eigenvalue weighted by atomic mass is 11.0. The van der Waals surface area contributed by atoms with Crippen molar-refractivity contribution in [2.75, 3.05) is 0 Å². The number of oxazole rings is 1. The fraction of sp³-hybridized carbons (Fsp3) is 0. The van der Waals surface area contributed by atoms with Gasteiger partial charge in [-0.3, -0.25) is 0 Å². The van der Waals surface area contributed by atoms with Crippen molar-refractivity contribution in [3.8, 4) is 0 Å². The van der Waals surface area contributed by atoms with Gasteiger partial charge in [-0.15, -0.1) is 0 Å². The second-order valence-corrected chi connectivity index (χ2v) is 3.17. The Kier molecular flexibility index (Phi) is 1.69. The first kappa shape index (κ1) is 6.52. The molecular weight excluding hydrogens is 164 g/mol. The molecule has 4 nitrogen and oxygen atoms in total. The van der Waals surface area contributed by atoms with Gasteiger partial charge in [0, 0.05) is 0 Å². The number of H-pyrrole nitrogens is 1. The highest BCUT2D eigenvalue weighted by Crippen LogP contribution is 2.22. The second-order valence-electron chi connectivity index (χ2n) is 1.28. The maximum Gasteiger partial charge on any atom is 0.516 e. The highest BCUT2D eigenvalue weighted by Gasteiger charge is 2.19. The maximum absolute atomic E-state index is 10.3. The van der Waals surface area contributed by atoms with Gasteiger partial charge in [0.15, 0.2) is 6.26 Å². The molecule has 6 heteroatoms. The van der Waals surface area contributed by atoms with Crippen molar-refractivity contribution in [3.63, 3.8) is 0 Å². The van der Waals surface area contributed by atoms with Gasteiger partial charge in [-0.05, 0) is 4.57 Å². The Morgan fingerprint density at radius 2 is 2.44 bits per heavy atom. The van der Waals surface area contributed by atoms with Crippen molar-refractivity contribution >= 4 is 23.8 Å². The Balaban J connectivity index is 3.12. The third-order valence-electron chi connectivity index (χ3n) is 0.697. The van der Waals surface area contributed by atoms with Crippen molar-refractivity contribution in [1.82, 2.24) is 4.98 Å². The zero-order chi connectivity index (χ0) is 6.85. The predicted molar refractivity (Wildman–Crippen MR) is 32.4 cm³/mol. The van der Waals surface area contributed by atoms with Crippen molar-refractivity contribution in [2.45, 2.75) is 0 Å². The summed E-state index contributed by atoms with van der Waals surface area (Å²) < 4.78 is 14.6. The predicted octanol–water partition coefficient (Wildman–Crippen LogP) is 0.574. The molecule has 48 valence electrons. The summed E-state index contributed by atoms with van der Waals surface area (Å²) in [7, 11) is -2.00. The standard InChI is InChI=1S/C3HClNO3P/c4-9(7)2-1-8-3(6)5-2/h1H/p+1. The fourth-order valence-electron chi connectivity index (χ4n) is 0.358. The number of hydrogen-bond donors (Lipinski definition) is 1. The summed E-state index contributed by atoms with van der Waals surface area (Å²) in [5, 5.41) is 0. The molecule has 0 fully saturated rings. The van der Waals surface area contributed by atoms with E-state index in [-0.39, 0.29) is 5.44 Å². The molecule has 0 aliphatic carbocycles. The van der Waals surface area contributed by atoms with Gasteiger partial charge in [-0.25, -0.2) is 9.78 Å². The van der Waals surface area contributed by atoms with E-state index in [4.69, 9.17) is 11.2 Å². The number of aromatic amines is 1. The molecule has 1 N–H and O–H groups in total. The summed E-state index contributed by atoms with van der Waals surface area (Å²) in [6.45, 7) is 0. The van der Waals surface area contributed by atoms with Gasteiger partial charge in [0.25, 0.3) is 0 Å². The third-order valence-corrected chi connectivity index (χ3v) is 1.84. The summed E-state index contributed by atoms with van der Waals surface area (Å²) >= 11 is 5.10. The zero-order valence-corrected chi connectivity index (χ0v) is 5.78. The molecule has 0 radical (unpaired) electrons. The lowest BCUT2D eigenvalue weighted by molar-refractivity contribution is 0.515. The summed E-state index contributed by atoms with van der Waals surface area (Å²) in [5.74, 6) is -0.644. The quantitative estimate of drug-likeness (QED) is 0.621. The van der Waals surface area contributed by atoms with E-state index in [1.807, 2.05) is 0 Å². The first-order valence-corrected chi connectivity index (χ1v) is 4.17. The van der Waals surface area contributed by atoms with Crippen molar-refractivity contribution in [3.05, 3.63) is 16.8 Å². The average Bonchev–Trinajstić information content (AvgIpc) is 2.14. The van der Waals surface area contributed by atoms with E-state index in [2.05, 4.69) is 9.40 Å². The first-order valence-electron chi connectivity index (χ1n) is 2.01. The molecule has 9 heavy (non-hydrogen) atoms. The molecule has 0 aliphatic rings. The van der Waals surface area contributed by atoms with Crippen LogP contribution < -0.4 is 11.2 Å². The minimum absolute atomic E-state index is 0.122. The van der Waals surface area contributed by atoms with Gasteiger partial charge in [0.2, 0.25) is 11.2 Å². The first-order chi connectivity index (χ1) is 4.20. The normalized spacial score (nSPS) is 11.4. The van der Waals surface area contributed by atoms with Crippen molar-refractivity contribution < 1.29 is 8.98 Å². The van der Waals surface area contributed by atoms with E-state index in [1.165, 1.54) is 0 Å². The molecule has 0 spiro atoms. The number of hydrogen-bond acceptors (Lipinski definition) is 3. The Hall–Kier alpha value is -0.600. The van der Waals surface area contributed by atoms with E-state index in [0.717, 1.165) is 6.26 Å². The van der Waals surface area contributed by atoms with Crippen LogP contribution in [0.1, 0.15) is 0 Å². The number of nitrogens with one attached hydrogen (secondary N) is 1. The van der Waals surface area contributed by atoms with Crippen LogP contribution in [0, 0.1) is 0 Å². The van der Waals surface area contributed by atoms with Gasteiger partial charge in [-0.2, -0.15) is 0 Å². The molecule has 0 saturated heterocycles. The minimum atomic E-state index is -2.00. The summed E-state index contributed by atoms with van der Waals surface area (Å²) in [4.78, 5) is 12.3. The van der Waals surface area contributed by atoms with E-state index in [0.29, 0.717) is 0 Å². The number of halogens is 1. The summed E-state index contributed by atoms with van der Waals surface area (Å²) in [6.07, 6.45) is 1.04. The average molecular weight is 166 g/mol. The third kappa shape index (κ3) is 1.40. The van der Waals surface area contributed by atoms with Gasteiger partial charge < -0.3 is 4.42 Å². The van der Waals surface area contributed by atoms with Crippen LogP contribution in [0.15, 0.2) is 15.5 Å². The Morgan fingerprint density at radius 1 is 1.78 bits per heavy atom. The molecule has 0 amide bonds. The molecule has 1 aromatic rings. The van der Waals surface area contributed by atoms with Crippen LogP contribution in [-0.2, 0) is 4.57 Å². The molecule has 0 saturated carbocycles. The smallest absolute Gasteiger partial charge is 0.411 e. The van der Waals surface area contributed by atoms with Crippen LogP contribution in [0.25, 0.3) is 0 Å². The van der Waals surface area contributed by atoms with Crippen LogP contribution in [0.2, 0.25) is 0 Å². The largest absolute Gasteiger partial charge is 0.516 e. The highest BCUT2D eigenvalue weighted by molar-refractivity contribution is 7.79. The molecular formula is C3H2ClNO3P+. The lowest BCUT2D eigenvalue weighted by Crippen LogP contribution is -2.02. The molecule has 0 bridgehead atoms. The van der Waals surface area contributed by atoms with E-state index in [1.54, 1.807) is 0 Å². The fourth-order valence-corrected chi connectivity index (χ4v) is 0.919. The van der Waals surface area contributed by atoms with Gasteiger partial charge in [-0.1, -0.05) is 0 Å². The van der Waals surface area contributed by atoms with Crippen LogP contribution in [-0.4, -0.2) is 4.98 Å². The van der Waals surface area contributed by atoms with Crippen LogP contribution in [0.4, 0.5) is 0 Å². The van der Waals surface area contributed by atoms with Crippen LogP contribution in [0.3, 0.4) is 0 Å². The van der Waals surface area contributed by atoms with Crippen LogP contribution in [0.5, 0.6) is 0 Å². The second kappa shape index (κ2) is 2.33. The summed E-state index contributed by atoms with van der Waals surface area (Å²) in [6, 6.07) is 0. The van der Waals surface area contributed by atoms with E-state index in [9.17, 15) is 9.36 Å². The monoisotopic (exact) mass is 166 g/mol. The molecule has 1 aromatic heterocycles. The van der Waals surface area contributed by atoms with Gasteiger partial charge in [0.05, 0.1) is 0 Å². The topological polar surface area (TPSA) is 63.1 Å². The molecule has 0 aromatic carbocycles. The Bertz CT molecular complexity index is 277. The van der Waals surface area contributed by atoms with Gasteiger partial charge >= 0.3 is 18.3 Å². The maximum atomic E-state index is 10.3. The SMILES string of the molecule is O=c1[nH]c([P+](=O)Cl)co1. The molecule has 1 unspecified atom stereocenters. The zero-order valence-electron chi connectivity index (χ0n) is 4.13. The lowest BCUT2D eigenvalue weighted by Gasteiger charge is -1.59. The van der Waals surface area contributed by atoms with E-state index >= 15 is 0 Å². The Labute approximate surface area is 55.4 Å². The molecule has 1 atom stereocenters. The summed E-state index contributed by atoms with van der Waals surface area (Å²) in [5.41, 5.74) is 0.122. The van der Waals surface area contributed by atoms with Crippen LogP contribution >= 0.6 is 18.4 Å². The molecule has 1 rings (SSSR count). The minimum Gasteiger partial charge on any atom is -0.411 e. The van der Waals surface area contributed by atoms with Crippen molar-refractivity contribution in [2.24, 2.45) is 0 Å². The highest BCUT2D eigenvalue weighted by atomic mass is 35.7. The van der Waals surface area contributed by atoms with Crippen molar-refractivity contribution in [1.29, 1.82) is 0 Å². The Morgan fingerprint density at radius 3 is 2.67 bits per heavy atom. The molecule has 1 heterocycles.